The van der Waals surface area contributed by atoms with Gasteiger partial charge in [0.25, 0.3) is 0 Å². The summed E-state index contributed by atoms with van der Waals surface area (Å²) in [5.41, 5.74) is 2.12. The van der Waals surface area contributed by atoms with Crippen LogP contribution in [0.4, 0.5) is 0 Å². The van der Waals surface area contributed by atoms with Crippen LogP contribution in [0.2, 0.25) is 0 Å². The maximum atomic E-state index is 12.4. The molecule has 0 unspecified atom stereocenters. The lowest BCUT2D eigenvalue weighted by molar-refractivity contribution is -0.116. The third-order valence-electron chi connectivity index (χ3n) is 10.1. The fourth-order valence-corrected chi connectivity index (χ4v) is 10.5. The molecule has 3 saturated carbocycles. The Morgan fingerprint density at radius 2 is 1.77 bits per heavy atom. The van der Waals surface area contributed by atoms with Crippen LogP contribution in [0.5, 0.6) is 0 Å². The highest BCUT2D eigenvalue weighted by Crippen LogP contribution is 2.68. The largest absolute Gasteiger partial charge is 0.294 e. The number of hydrogen-bond donors (Lipinski definition) is 0. The van der Waals surface area contributed by atoms with Crippen molar-refractivity contribution >= 4 is 37.6 Å². The molecule has 0 saturated heterocycles. The molecule has 0 N–H and O–H groups in total. The van der Waals surface area contributed by atoms with Crippen molar-refractivity contribution in [3.05, 3.63) is 11.6 Å². The second-order valence-electron chi connectivity index (χ2n) is 12.2. The van der Waals surface area contributed by atoms with Gasteiger partial charge in [0.15, 0.2) is 5.78 Å². The van der Waals surface area contributed by atoms with E-state index in [2.05, 4.69) is 66.5 Å². The van der Waals surface area contributed by atoms with Gasteiger partial charge in [-0.2, -0.15) is 0 Å². The minimum Gasteiger partial charge on any atom is -0.294 e. The Morgan fingerprint density at radius 1 is 1.03 bits per heavy atom. The number of allylic oxidation sites excluding steroid dienone is 1. The topological polar surface area (TPSA) is 17.1 Å². The highest BCUT2D eigenvalue weighted by atomic mass is 79.9. The van der Waals surface area contributed by atoms with Gasteiger partial charge in [0, 0.05) is 4.83 Å². The molecular weight excluding hydrogens is 500 g/mol. The van der Waals surface area contributed by atoms with Crippen LogP contribution in [0.15, 0.2) is 11.6 Å². The van der Waals surface area contributed by atoms with Crippen LogP contribution >= 0.6 is 31.9 Å². The van der Waals surface area contributed by atoms with Crippen molar-refractivity contribution < 1.29 is 4.79 Å². The monoisotopic (exact) mass is 540 g/mol. The summed E-state index contributed by atoms with van der Waals surface area (Å²) in [4.78, 5) is 12.8. The Bertz CT molecular complexity index is 699. The number of ketones is 1. The van der Waals surface area contributed by atoms with Gasteiger partial charge in [-0.1, -0.05) is 85.7 Å². The van der Waals surface area contributed by atoms with E-state index in [4.69, 9.17) is 0 Å². The summed E-state index contributed by atoms with van der Waals surface area (Å²) in [5.74, 6) is 5.33. The smallest absolute Gasteiger partial charge is 0.169 e. The van der Waals surface area contributed by atoms with Gasteiger partial charge in [-0.05, 0) is 96.5 Å². The van der Waals surface area contributed by atoms with Gasteiger partial charge in [-0.15, -0.1) is 0 Å². The first-order chi connectivity index (χ1) is 14.1. The lowest BCUT2D eigenvalue weighted by atomic mass is 9.46. The quantitative estimate of drug-likeness (QED) is 0.319. The van der Waals surface area contributed by atoms with Crippen molar-refractivity contribution in [3.8, 4) is 0 Å². The molecule has 0 radical (unpaired) electrons. The van der Waals surface area contributed by atoms with Gasteiger partial charge in [0.2, 0.25) is 0 Å². The Balaban J connectivity index is 1.54. The molecule has 0 aliphatic heterocycles. The van der Waals surface area contributed by atoms with Crippen molar-refractivity contribution in [1.82, 2.24) is 0 Å². The fraction of sp³-hybridized carbons (Fsp3) is 0.889. The van der Waals surface area contributed by atoms with Crippen molar-refractivity contribution in [3.63, 3.8) is 0 Å². The predicted octanol–water partition coefficient (Wildman–Crippen LogP) is 8.34. The number of rotatable bonds is 5. The second kappa shape index (κ2) is 8.62. The lowest BCUT2D eigenvalue weighted by Crippen LogP contribution is -2.54. The maximum Gasteiger partial charge on any atom is 0.169 e. The molecule has 0 aromatic heterocycles. The molecule has 0 amide bonds. The summed E-state index contributed by atoms with van der Waals surface area (Å²) in [5, 5.41) is 0. The summed E-state index contributed by atoms with van der Waals surface area (Å²) in [6, 6.07) is 0. The molecule has 4 rings (SSSR count). The van der Waals surface area contributed by atoms with Crippen LogP contribution in [0.3, 0.4) is 0 Å². The van der Waals surface area contributed by atoms with Gasteiger partial charge in [-0.3, -0.25) is 4.79 Å². The van der Waals surface area contributed by atoms with E-state index in [0.29, 0.717) is 10.2 Å². The van der Waals surface area contributed by atoms with Crippen LogP contribution in [-0.2, 0) is 4.79 Å². The highest BCUT2D eigenvalue weighted by Gasteiger charge is 2.61. The molecule has 0 aromatic carbocycles. The molecule has 30 heavy (non-hydrogen) atoms. The van der Waals surface area contributed by atoms with Crippen LogP contribution in [0.1, 0.15) is 92.4 Å². The second-order valence-corrected chi connectivity index (χ2v) is 14.4. The Hall–Kier alpha value is 0.370. The molecule has 4 aliphatic rings. The zero-order chi connectivity index (χ0) is 21.8. The molecule has 0 spiro atoms. The summed E-state index contributed by atoms with van der Waals surface area (Å²) in [7, 11) is 0. The molecule has 3 fully saturated rings. The van der Waals surface area contributed by atoms with E-state index in [1.807, 2.05) is 6.08 Å². The molecule has 3 heteroatoms. The first kappa shape index (κ1) is 23.5. The molecule has 1 nitrogen and oxygen atoms in total. The molecule has 4 aliphatic carbocycles. The molecule has 170 valence electrons. The Kier molecular flexibility index (Phi) is 6.76. The van der Waals surface area contributed by atoms with E-state index in [1.54, 1.807) is 0 Å². The zero-order valence-electron chi connectivity index (χ0n) is 19.7. The van der Waals surface area contributed by atoms with E-state index >= 15 is 0 Å². The first-order valence-electron chi connectivity index (χ1n) is 12.6. The van der Waals surface area contributed by atoms with Crippen LogP contribution in [-0.4, -0.2) is 15.4 Å². The number of hydrogen-bond acceptors (Lipinski definition) is 1. The SMILES string of the molecule is CC(C)CCC[C@@H](C)[C@H]1CC[C@H]2[C@@H]3C[C@@H](Br)C4=CC(=O)[C@H](Br)C[C@]4(C)[C@H]3CC[C@]12C. The van der Waals surface area contributed by atoms with Gasteiger partial charge >= 0.3 is 0 Å². The summed E-state index contributed by atoms with van der Waals surface area (Å²) in [6.07, 6.45) is 14.1. The fourth-order valence-electron chi connectivity index (χ4n) is 8.61. The van der Waals surface area contributed by atoms with E-state index in [0.717, 1.165) is 41.9 Å². The number of alkyl halides is 2. The normalized spacial score (nSPS) is 46.8. The minimum atomic E-state index is 0.00955. The first-order valence-corrected chi connectivity index (χ1v) is 14.4. The number of halogens is 2. The Morgan fingerprint density at radius 3 is 2.47 bits per heavy atom. The van der Waals surface area contributed by atoms with Gasteiger partial charge in [-0.25, -0.2) is 0 Å². The third-order valence-corrected chi connectivity index (χ3v) is 11.8. The molecule has 0 bridgehead atoms. The molecule has 0 heterocycles. The standard InChI is InChI=1S/C27H42Br2O/c1-16(2)7-6-8-17(3)19-9-10-20-18-13-23(28)22-14-25(30)24(29)15-27(22,5)21(18)11-12-26(19,20)4/h14,16-21,23-24H,6-13,15H2,1-5H3/t17-,18+,19-,20+,21+,23-,24-,26-,27-/m1/s1. The number of carbonyl (C=O) groups is 1. The highest BCUT2D eigenvalue weighted by molar-refractivity contribution is 9.10. The maximum absolute atomic E-state index is 12.4. The molecular formula is C27H42Br2O. The minimum absolute atomic E-state index is 0.00955. The summed E-state index contributed by atoms with van der Waals surface area (Å²) < 4.78 is 0. The van der Waals surface area contributed by atoms with Gasteiger partial charge in [0.1, 0.15) is 0 Å². The zero-order valence-corrected chi connectivity index (χ0v) is 22.9. The van der Waals surface area contributed by atoms with E-state index in [-0.39, 0.29) is 16.0 Å². The van der Waals surface area contributed by atoms with Gasteiger partial charge in [0.05, 0.1) is 4.83 Å². The van der Waals surface area contributed by atoms with Gasteiger partial charge < -0.3 is 0 Å². The van der Waals surface area contributed by atoms with E-state index in [9.17, 15) is 4.79 Å². The number of carbonyl (C=O) groups excluding carboxylic acids is 1. The van der Waals surface area contributed by atoms with Crippen molar-refractivity contribution in [2.45, 2.75) is 102 Å². The molecule has 9 atom stereocenters. The summed E-state index contributed by atoms with van der Waals surface area (Å²) in [6.45, 7) is 12.4. The third kappa shape index (κ3) is 3.84. The van der Waals surface area contributed by atoms with E-state index in [1.165, 1.54) is 56.9 Å². The van der Waals surface area contributed by atoms with Crippen LogP contribution in [0, 0.1) is 46.3 Å². The molecule has 0 aromatic rings. The number of fused-ring (bicyclic) bond motifs is 5. The van der Waals surface area contributed by atoms with Crippen molar-refractivity contribution in [1.29, 1.82) is 0 Å². The van der Waals surface area contributed by atoms with Crippen LogP contribution in [0.25, 0.3) is 0 Å². The lowest BCUT2D eigenvalue weighted by Gasteiger charge is -2.60. The summed E-state index contributed by atoms with van der Waals surface area (Å²) >= 11 is 7.75. The average molecular weight is 542 g/mol. The van der Waals surface area contributed by atoms with Crippen molar-refractivity contribution in [2.75, 3.05) is 0 Å². The predicted molar refractivity (Wildman–Crippen MR) is 134 cm³/mol. The Labute approximate surface area is 201 Å². The van der Waals surface area contributed by atoms with Crippen molar-refractivity contribution in [2.24, 2.45) is 46.3 Å². The van der Waals surface area contributed by atoms with E-state index < -0.39 is 0 Å². The average Bonchev–Trinajstić information content (AvgIpc) is 3.01. The van der Waals surface area contributed by atoms with Crippen LogP contribution < -0.4 is 0 Å².